The second-order valence-corrected chi connectivity index (χ2v) is 9.27. The number of rotatable bonds is 8. The summed E-state index contributed by atoms with van der Waals surface area (Å²) in [6.45, 7) is 4.75. The first-order valence-corrected chi connectivity index (χ1v) is 11.9. The molecule has 0 aliphatic heterocycles. The Morgan fingerprint density at radius 2 is 1.64 bits per heavy atom. The van der Waals surface area contributed by atoms with Crippen LogP contribution in [0.1, 0.15) is 18.1 Å². The van der Waals surface area contributed by atoms with Crippen LogP contribution in [0.2, 0.25) is 0 Å². The number of aryl methyl sites for hydroxylation is 1. The second kappa shape index (κ2) is 9.46. The van der Waals surface area contributed by atoms with Gasteiger partial charge in [-0.2, -0.15) is 4.98 Å². The van der Waals surface area contributed by atoms with Gasteiger partial charge in [0.15, 0.2) is 0 Å². The van der Waals surface area contributed by atoms with Gasteiger partial charge in [-0.1, -0.05) is 29.8 Å². The van der Waals surface area contributed by atoms with Crippen molar-refractivity contribution in [2.45, 2.75) is 30.3 Å². The van der Waals surface area contributed by atoms with Crippen LogP contribution >= 0.6 is 0 Å². The van der Waals surface area contributed by atoms with Crippen LogP contribution in [0, 0.1) is 12.7 Å². The van der Waals surface area contributed by atoms with Crippen molar-refractivity contribution in [2.75, 3.05) is 11.9 Å². The lowest BCUT2D eigenvalue weighted by molar-refractivity contribution is 0.340. The minimum absolute atomic E-state index is 0.0174. The molecule has 4 rings (SSSR count). The molecule has 0 fully saturated rings. The van der Waals surface area contributed by atoms with Gasteiger partial charge in [-0.15, -0.1) is 0 Å². The Morgan fingerprint density at radius 1 is 0.970 bits per heavy atom. The summed E-state index contributed by atoms with van der Waals surface area (Å²) in [5.74, 6) is 0.320. The maximum Gasteiger partial charge on any atom is 0.234 e. The van der Waals surface area contributed by atoms with E-state index in [0.717, 1.165) is 23.3 Å². The van der Waals surface area contributed by atoms with Gasteiger partial charge in [-0.3, -0.25) is 0 Å². The molecule has 170 valence electrons. The van der Waals surface area contributed by atoms with E-state index >= 15 is 0 Å². The third-order valence-electron chi connectivity index (χ3n) is 4.96. The van der Waals surface area contributed by atoms with Crippen molar-refractivity contribution in [1.29, 1.82) is 0 Å². The number of sulfone groups is 1. The van der Waals surface area contributed by atoms with Gasteiger partial charge < -0.3 is 14.5 Å². The predicted octanol–water partition coefficient (Wildman–Crippen LogP) is 5.63. The third-order valence-corrected chi connectivity index (χ3v) is 6.64. The lowest BCUT2D eigenvalue weighted by Gasteiger charge is -2.07. The number of halogens is 1. The fourth-order valence-corrected chi connectivity index (χ4v) is 4.48. The van der Waals surface area contributed by atoms with Crippen LogP contribution in [0.25, 0.3) is 11.5 Å². The van der Waals surface area contributed by atoms with Crippen molar-refractivity contribution in [1.82, 2.24) is 4.98 Å². The number of benzene rings is 3. The largest absolute Gasteiger partial charge is 0.494 e. The Hall–Kier alpha value is -3.65. The van der Waals surface area contributed by atoms with Crippen molar-refractivity contribution in [3.05, 3.63) is 89.7 Å². The molecule has 8 heteroatoms. The van der Waals surface area contributed by atoms with Crippen molar-refractivity contribution in [3.63, 3.8) is 0 Å². The SMILES string of the molecule is CCOc1ccc(-c2nc(S(=O)(=O)c3ccc(F)cc3)c(NCc3ccc(C)cc3)o2)cc1. The zero-order valence-corrected chi connectivity index (χ0v) is 19.0. The zero-order valence-electron chi connectivity index (χ0n) is 18.2. The molecule has 0 saturated carbocycles. The molecule has 6 nitrogen and oxygen atoms in total. The smallest absolute Gasteiger partial charge is 0.234 e. The van der Waals surface area contributed by atoms with E-state index in [4.69, 9.17) is 9.15 Å². The quantitative estimate of drug-likeness (QED) is 0.339. The highest BCUT2D eigenvalue weighted by Gasteiger charge is 2.28. The molecule has 33 heavy (non-hydrogen) atoms. The van der Waals surface area contributed by atoms with E-state index in [-0.39, 0.29) is 21.7 Å². The Kier molecular flexibility index (Phi) is 6.46. The monoisotopic (exact) mass is 466 g/mol. The maximum atomic E-state index is 13.4. The molecule has 0 amide bonds. The molecule has 0 aliphatic carbocycles. The number of nitrogens with one attached hydrogen (secondary N) is 1. The van der Waals surface area contributed by atoms with E-state index in [1.807, 2.05) is 38.1 Å². The van der Waals surface area contributed by atoms with Gasteiger partial charge in [0.2, 0.25) is 26.6 Å². The van der Waals surface area contributed by atoms with E-state index in [1.165, 1.54) is 12.1 Å². The van der Waals surface area contributed by atoms with Crippen LogP contribution in [0.5, 0.6) is 5.75 Å². The van der Waals surface area contributed by atoms with Crippen LogP contribution in [0.4, 0.5) is 10.3 Å². The Balaban J connectivity index is 1.72. The summed E-state index contributed by atoms with van der Waals surface area (Å²) in [5, 5.41) is 2.79. The van der Waals surface area contributed by atoms with Crippen molar-refractivity contribution in [2.24, 2.45) is 0 Å². The minimum atomic E-state index is -4.06. The highest BCUT2D eigenvalue weighted by Crippen LogP contribution is 2.33. The van der Waals surface area contributed by atoms with Crippen molar-refractivity contribution in [3.8, 4) is 17.2 Å². The summed E-state index contributed by atoms with van der Waals surface area (Å²) in [7, 11) is -4.06. The summed E-state index contributed by atoms with van der Waals surface area (Å²) in [4.78, 5) is 4.23. The van der Waals surface area contributed by atoms with Crippen LogP contribution < -0.4 is 10.1 Å². The molecule has 0 bridgehead atoms. The van der Waals surface area contributed by atoms with Gasteiger partial charge in [0, 0.05) is 12.1 Å². The van der Waals surface area contributed by atoms with Crippen molar-refractivity contribution >= 4 is 15.7 Å². The van der Waals surface area contributed by atoms with Gasteiger partial charge in [0.1, 0.15) is 11.6 Å². The van der Waals surface area contributed by atoms with Crippen LogP contribution in [0.15, 0.2) is 87.1 Å². The molecular formula is C25H23FN2O4S. The molecule has 0 saturated heterocycles. The molecule has 3 aromatic carbocycles. The highest BCUT2D eigenvalue weighted by atomic mass is 32.2. The highest BCUT2D eigenvalue weighted by molar-refractivity contribution is 7.91. The Bertz CT molecular complexity index is 1330. The van der Waals surface area contributed by atoms with E-state index in [0.29, 0.717) is 24.5 Å². The number of hydrogen-bond donors (Lipinski definition) is 1. The number of oxazole rings is 1. The Labute approximate surface area is 192 Å². The molecule has 0 spiro atoms. The van der Waals surface area contributed by atoms with Gasteiger partial charge in [0.05, 0.1) is 11.5 Å². The van der Waals surface area contributed by atoms with Gasteiger partial charge in [0.25, 0.3) is 0 Å². The van der Waals surface area contributed by atoms with Crippen LogP contribution in [-0.4, -0.2) is 20.0 Å². The fourth-order valence-electron chi connectivity index (χ4n) is 3.20. The van der Waals surface area contributed by atoms with E-state index in [2.05, 4.69) is 10.3 Å². The number of ether oxygens (including phenoxy) is 1. The van der Waals surface area contributed by atoms with Gasteiger partial charge in [-0.25, -0.2) is 12.8 Å². The normalized spacial score (nSPS) is 11.4. The molecule has 0 radical (unpaired) electrons. The van der Waals surface area contributed by atoms with Crippen LogP contribution in [-0.2, 0) is 16.4 Å². The van der Waals surface area contributed by atoms with Gasteiger partial charge >= 0.3 is 0 Å². The summed E-state index contributed by atoms with van der Waals surface area (Å²) in [5.41, 5.74) is 2.66. The summed E-state index contributed by atoms with van der Waals surface area (Å²) in [6.07, 6.45) is 0. The topological polar surface area (TPSA) is 81.4 Å². The Morgan fingerprint density at radius 3 is 2.27 bits per heavy atom. The molecule has 0 aliphatic rings. The molecule has 1 heterocycles. The summed E-state index contributed by atoms with van der Waals surface area (Å²) in [6, 6.07) is 19.5. The molecule has 1 aromatic heterocycles. The molecular weight excluding hydrogens is 443 g/mol. The fraction of sp³-hybridized carbons (Fsp3) is 0.160. The number of hydrogen-bond acceptors (Lipinski definition) is 6. The number of anilines is 1. The van der Waals surface area contributed by atoms with Gasteiger partial charge in [-0.05, 0) is 67.9 Å². The van der Waals surface area contributed by atoms with E-state index < -0.39 is 15.7 Å². The predicted molar refractivity (Wildman–Crippen MR) is 123 cm³/mol. The molecule has 4 aromatic rings. The average molecular weight is 467 g/mol. The summed E-state index contributed by atoms with van der Waals surface area (Å²) >= 11 is 0. The summed E-state index contributed by atoms with van der Waals surface area (Å²) < 4.78 is 51.3. The first-order valence-electron chi connectivity index (χ1n) is 10.4. The average Bonchev–Trinajstić information content (AvgIpc) is 3.25. The lowest BCUT2D eigenvalue weighted by Crippen LogP contribution is -2.07. The third kappa shape index (κ3) is 5.06. The number of nitrogens with zero attached hydrogens (tertiary/aromatic N) is 1. The molecule has 1 N–H and O–H groups in total. The van der Waals surface area contributed by atoms with E-state index in [9.17, 15) is 12.8 Å². The van der Waals surface area contributed by atoms with Crippen molar-refractivity contribution < 1.29 is 22.0 Å². The standard InChI is InChI=1S/C25H23FN2O4S/c1-3-31-21-12-8-19(9-13-21)23-28-25(33(29,30)22-14-10-20(26)11-15-22)24(32-23)27-16-18-6-4-17(2)5-7-18/h4-15,27H,3,16H2,1-2H3. The molecule has 0 unspecified atom stereocenters. The first kappa shape index (κ1) is 22.5. The zero-order chi connectivity index (χ0) is 23.4. The number of aromatic nitrogens is 1. The molecule has 0 atom stereocenters. The second-order valence-electron chi connectivity index (χ2n) is 7.41. The first-order chi connectivity index (χ1) is 15.9. The minimum Gasteiger partial charge on any atom is -0.494 e. The lowest BCUT2D eigenvalue weighted by atomic mass is 10.1. The van der Waals surface area contributed by atoms with Crippen LogP contribution in [0.3, 0.4) is 0 Å². The maximum absolute atomic E-state index is 13.4. The van der Waals surface area contributed by atoms with E-state index in [1.54, 1.807) is 24.3 Å².